The molecule has 0 radical (unpaired) electrons. The van der Waals surface area contributed by atoms with Crippen molar-refractivity contribution in [1.29, 1.82) is 0 Å². The van der Waals surface area contributed by atoms with E-state index in [4.69, 9.17) is 5.11 Å². The maximum Gasteiger partial charge on any atom is 0.167 e. The summed E-state index contributed by atoms with van der Waals surface area (Å²) in [6, 6.07) is 6.49. The van der Waals surface area contributed by atoms with Crippen LogP contribution in [0.15, 0.2) is 24.3 Å². The van der Waals surface area contributed by atoms with Crippen molar-refractivity contribution in [2.24, 2.45) is 5.92 Å². The minimum Gasteiger partial charge on any atom is -0.508 e. The molecule has 15 heavy (non-hydrogen) atoms. The zero-order chi connectivity index (χ0) is 10.7. The highest BCUT2D eigenvalue weighted by atomic mass is 16.3. The van der Waals surface area contributed by atoms with Crippen LogP contribution in [-0.4, -0.2) is 24.0 Å². The fourth-order valence-corrected chi connectivity index (χ4v) is 1.94. The average molecular weight is 205 g/mol. The highest BCUT2D eigenvalue weighted by Gasteiger charge is 2.21. The maximum atomic E-state index is 12.0. The van der Waals surface area contributed by atoms with E-state index in [1.54, 1.807) is 24.3 Å². The van der Waals surface area contributed by atoms with E-state index in [2.05, 4.69) is 5.32 Å². The third kappa shape index (κ3) is 2.36. The number of hydrogen-bond acceptors (Lipinski definition) is 3. The van der Waals surface area contributed by atoms with Crippen molar-refractivity contribution < 1.29 is 9.90 Å². The summed E-state index contributed by atoms with van der Waals surface area (Å²) < 4.78 is 0. The van der Waals surface area contributed by atoms with Gasteiger partial charge in [0.25, 0.3) is 0 Å². The molecular weight excluding hydrogens is 190 g/mol. The van der Waals surface area contributed by atoms with Crippen LogP contribution in [0.5, 0.6) is 5.75 Å². The predicted molar refractivity (Wildman–Crippen MR) is 58.0 cm³/mol. The van der Waals surface area contributed by atoms with E-state index in [1.165, 1.54) is 0 Å². The van der Waals surface area contributed by atoms with Crippen molar-refractivity contribution >= 4 is 5.78 Å². The second kappa shape index (κ2) is 4.45. The van der Waals surface area contributed by atoms with E-state index >= 15 is 0 Å². The minimum absolute atomic E-state index is 0.100. The number of benzene rings is 1. The lowest BCUT2D eigenvalue weighted by molar-refractivity contribution is 0.0899. The quantitative estimate of drug-likeness (QED) is 0.721. The van der Waals surface area contributed by atoms with Crippen LogP contribution in [0.3, 0.4) is 0 Å². The summed E-state index contributed by atoms with van der Waals surface area (Å²) in [6.45, 7) is 1.79. The number of carbonyl (C=O) groups excluding carboxylic acids is 1. The van der Waals surface area contributed by atoms with Gasteiger partial charge in [-0.15, -0.1) is 0 Å². The second-order valence-corrected chi connectivity index (χ2v) is 3.95. The molecular formula is C12H15NO2. The van der Waals surface area contributed by atoms with Gasteiger partial charge in [0.15, 0.2) is 5.78 Å². The number of nitrogens with one attached hydrogen (secondary N) is 1. The third-order valence-corrected chi connectivity index (χ3v) is 2.82. The summed E-state index contributed by atoms with van der Waals surface area (Å²) in [5.41, 5.74) is 0.696. The molecule has 1 unspecified atom stereocenters. The van der Waals surface area contributed by atoms with Gasteiger partial charge in [0.2, 0.25) is 0 Å². The first-order valence-corrected chi connectivity index (χ1v) is 5.31. The van der Waals surface area contributed by atoms with Gasteiger partial charge in [-0.25, -0.2) is 0 Å². The van der Waals surface area contributed by atoms with Crippen LogP contribution in [0.4, 0.5) is 0 Å². The van der Waals surface area contributed by atoms with Crippen LogP contribution in [0.1, 0.15) is 23.2 Å². The van der Waals surface area contributed by atoms with Crippen molar-refractivity contribution in [3.05, 3.63) is 29.8 Å². The normalized spacial score (nSPS) is 21.2. The number of ketones is 1. The van der Waals surface area contributed by atoms with Crippen LogP contribution >= 0.6 is 0 Å². The molecule has 0 amide bonds. The highest BCUT2D eigenvalue weighted by Crippen LogP contribution is 2.18. The summed E-state index contributed by atoms with van der Waals surface area (Å²) in [6.07, 6.45) is 2.03. The molecule has 1 fully saturated rings. The Hall–Kier alpha value is -1.35. The third-order valence-electron chi connectivity index (χ3n) is 2.82. The fraction of sp³-hybridized carbons (Fsp3) is 0.417. The van der Waals surface area contributed by atoms with Crippen molar-refractivity contribution in [2.45, 2.75) is 12.8 Å². The molecule has 0 aliphatic carbocycles. The van der Waals surface area contributed by atoms with Gasteiger partial charge in [0.1, 0.15) is 5.75 Å². The number of Topliss-reactive ketones (excluding diaryl/α,β-unsaturated/α-hetero) is 1. The summed E-state index contributed by atoms with van der Waals surface area (Å²) in [5, 5.41) is 12.4. The first-order valence-electron chi connectivity index (χ1n) is 5.31. The van der Waals surface area contributed by atoms with Crippen molar-refractivity contribution in [3.8, 4) is 5.75 Å². The lowest BCUT2D eigenvalue weighted by Crippen LogP contribution is -2.34. The molecule has 1 aromatic rings. The van der Waals surface area contributed by atoms with Crippen LogP contribution in [0.2, 0.25) is 0 Å². The Balaban J connectivity index is 2.09. The molecule has 80 valence electrons. The zero-order valence-corrected chi connectivity index (χ0v) is 8.57. The average Bonchev–Trinajstić information content (AvgIpc) is 2.30. The van der Waals surface area contributed by atoms with E-state index in [-0.39, 0.29) is 17.5 Å². The van der Waals surface area contributed by atoms with Gasteiger partial charge in [-0.1, -0.05) is 0 Å². The Morgan fingerprint density at radius 1 is 1.33 bits per heavy atom. The van der Waals surface area contributed by atoms with E-state index < -0.39 is 0 Å². The van der Waals surface area contributed by atoms with Crippen LogP contribution < -0.4 is 5.32 Å². The van der Waals surface area contributed by atoms with Gasteiger partial charge in [-0.05, 0) is 43.7 Å². The number of rotatable bonds is 2. The first kappa shape index (κ1) is 10.2. The predicted octanol–water partition coefficient (Wildman–Crippen LogP) is 1.57. The number of phenolic OH excluding ortho intramolecular Hbond substituents is 1. The molecule has 2 rings (SSSR count). The van der Waals surface area contributed by atoms with E-state index in [9.17, 15) is 4.79 Å². The molecule has 1 atom stereocenters. The standard InChI is InChI=1S/C12H15NO2/c14-11-5-3-9(4-6-11)12(15)10-2-1-7-13-8-10/h3-6,10,13-14H,1-2,7-8H2. The van der Waals surface area contributed by atoms with Gasteiger partial charge in [0, 0.05) is 18.0 Å². The Kier molecular flexibility index (Phi) is 3.02. The molecule has 1 aromatic carbocycles. The number of piperidine rings is 1. The Morgan fingerprint density at radius 2 is 2.07 bits per heavy atom. The second-order valence-electron chi connectivity index (χ2n) is 3.95. The number of carbonyl (C=O) groups is 1. The summed E-state index contributed by atoms with van der Waals surface area (Å²) in [5.74, 6) is 0.485. The molecule has 3 nitrogen and oxygen atoms in total. The molecule has 0 aromatic heterocycles. The monoisotopic (exact) mass is 205 g/mol. The number of aromatic hydroxyl groups is 1. The maximum absolute atomic E-state index is 12.0. The van der Waals surface area contributed by atoms with Crippen molar-refractivity contribution in [3.63, 3.8) is 0 Å². The van der Waals surface area contributed by atoms with Gasteiger partial charge in [-0.3, -0.25) is 4.79 Å². The first-order chi connectivity index (χ1) is 7.27. The molecule has 0 saturated carbocycles. The van der Waals surface area contributed by atoms with Crippen molar-refractivity contribution in [1.82, 2.24) is 5.32 Å². The van der Waals surface area contributed by atoms with Crippen molar-refractivity contribution in [2.75, 3.05) is 13.1 Å². The number of phenols is 1. The lowest BCUT2D eigenvalue weighted by atomic mass is 9.91. The SMILES string of the molecule is O=C(c1ccc(O)cc1)C1CCCNC1. The van der Waals surface area contributed by atoms with Gasteiger partial charge < -0.3 is 10.4 Å². The highest BCUT2D eigenvalue weighted by molar-refractivity contribution is 5.98. The molecule has 3 heteroatoms. The molecule has 2 N–H and O–H groups in total. The van der Waals surface area contributed by atoms with Crippen LogP contribution in [0, 0.1) is 5.92 Å². The fourth-order valence-electron chi connectivity index (χ4n) is 1.94. The summed E-state index contributed by atoms with van der Waals surface area (Å²) >= 11 is 0. The molecule has 0 bridgehead atoms. The zero-order valence-electron chi connectivity index (χ0n) is 8.57. The molecule has 1 saturated heterocycles. The van der Waals surface area contributed by atoms with Crippen LogP contribution in [0.25, 0.3) is 0 Å². The summed E-state index contributed by atoms with van der Waals surface area (Å²) in [7, 11) is 0. The van der Waals surface area contributed by atoms with Gasteiger partial charge in [0.05, 0.1) is 0 Å². The Bertz CT molecular complexity index is 339. The van der Waals surface area contributed by atoms with Gasteiger partial charge >= 0.3 is 0 Å². The van der Waals surface area contributed by atoms with Crippen LogP contribution in [-0.2, 0) is 0 Å². The topological polar surface area (TPSA) is 49.3 Å². The largest absolute Gasteiger partial charge is 0.508 e. The van der Waals surface area contributed by atoms with E-state index in [0.717, 1.165) is 25.9 Å². The van der Waals surface area contributed by atoms with Gasteiger partial charge in [-0.2, -0.15) is 0 Å². The Morgan fingerprint density at radius 3 is 2.67 bits per heavy atom. The molecule has 1 heterocycles. The number of hydrogen-bond donors (Lipinski definition) is 2. The smallest absolute Gasteiger partial charge is 0.167 e. The molecule has 1 aliphatic heterocycles. The lowest BCUT2D eigenvalue weighted by Gasteiger charge is -2.21. The van der Waals surface area contributed by atoms with E-state index in [0.29, 0.717) is 5.56 Å². The molecule has 1 aliphatic rings. The Labute approximate surface area is 89.1 Å². The summed E-state index contributed by atoms with van der Waals surface area (Å²) in [4.78, 5) is 12.0. The van der Waals surface area contributed by atoms with E-state index in [1.807, 2.05) is 0 Å². The minimum atomic E-state index is 0.100. The molecule has 0 spiro atoms.